The Labute approximate surface area is 105 Å². The van der Waals surface area contributed by atoms with Crippen LogP contribution in [-0.4, -0.2) is 16.5 Å². The standard InChI is InChI=1S/C13H13FN4/c1-2-6-15-12-8-13(17-9-16-12)18-11-5-3-4-10(14)7-11/h2-5,7-9H,1,6H2,(H2,15,16,17,18). The molecule has 0 aliphatic rings. The number of aromatic nitrogens is 2. The van der Waals surface area contributed by atoms with E-state index in [2.05, 4.69) is 27.2 Å². The summed E-state index contributed by atoms with van der Waals surface area (Å²) in [4.78, 5) is 8.11. The molecule has 0 unspecified atom stereocenters. The van der Waals surface area contributed by atoms with Gasteiger partial charge in [0.25, 0.3) is 0 Å². The summed E-state index contributed by atoms with van der Waals surface area (Å²) < 4.78 is 13.0. The lowest BCUT2D eigenvalue weighted by Crippen LogP contribution is -2.02. The van der Waals surface area contributed by atoms with E-state index in [1.54, 1.807) is 24.3 Å². The van der Waals surface area contributed by atoms with Crippen LogP contribution in [0, 0.1) is 5.82 Å². The average Bonchev–Trinajstić information content (AvgIpc) is 2.37. The first kappa shape index (κ1) is 12.0. The fourth-order valence-electron chi connectivity index (χ4n) is 1.41. The Hall–Kier alpha value is -2.43. The van der Waals surface area contributed by atoms with Crippen LogP contribution >= 0.6 is 0 Å². The number of nitrogens with zero attached hydrogens (tertiary/aromatic N) is 2. The van der Waals surface area contributed by atoms with Crippen molar-refractivity contribution in [1.29, 1.82) is 0 Å². The zero-order valence-electron chi connectivity index (χ0n) is 9.73. The number of nitrogens with one attached hydrogen (secondary N) is 2. The lowest BCUT2D eigenvalue weighted by molar-refractivity contribution is 0.628. The maximum atomic E-state index is 13.0. The zero-order chi connectivity index (χ0) is 12.8. The van der Waals surface area contributed by atoms with E-state index in [1.165, 1.54) is 18.5 Å². The van der Waals surface area contributed by atoms with Crippen molar-refractivity contribution in [3.05, 3.63) is 55.1 Å². The second kappa shape index (κ2) is 5.77. The summed E-state index contributed by atoms with van der Waals surface area (Å²) in [6, 6.07) is 7.94. The molecule has 0 aliphatic heterocycles. The number of anilines is 3. The van der Waals surface area contributed by atoms with Crippen LogP contribution in [0.2, 0.25) is 0 Å². The molecule has 0 fully saturated rings. The van der Waals surface area contributed by atoms with E-state index in [-0.39, 0.29) is 5.82 Å². The van der Waals surface area contributed by atoms with Gasteiger partial charge in [-0.05, 0) is 18.2 Å². The highest BCUT2D eigenvalue weighted by Crippen LogP contribution is 2.16. The number of rotatable bonds is 5. The van der Waals surface area contributed by atoms with E-state index in [1.807, 2.05) is 0 Å². The largest absolute Gasteiger partial charge is 0.366 e. The van der Waals surface area contributed by atoms with E-state index >= 15 is 0 Å². The molecule has 2 aromatic rings. The van der Waals surface area contributed by atoms with Crippen LogP contribution in [-0.2, 0) is 0 Å². The normalized spacial score (nSPS) is 9.83. The van der Waals surface area contributed by atoms with E-state index in [9.17, 15) is 4.39 Å². The summed E-state index contributed by atoms with van der Waals surface area (Å²) in [5.41, 5.74) is 0.642. The highest BCUT2D eigenvalue weighted by Gasteiger charge is 1.99. The molecule has 0 bridgehead atoms. The minimum atomic E-state index is -0.293. The van der Waals surface area contributed by atoms with E-state index in [4.69, 9.17) is 0 Å². The summed E-state index contributed by atoms with van der Waals surface area (Å²) in [5.74, 6) is 0.991. The molecule has 2 N–H and O–H groups in total. The molecule has 2 rings (SSSR count). The average molecular weight is 244 g/mol. The van der Waals surface area contributed by atoms with Gasteiger partial charge in [-0.25, -0.2) is 14.4 Å². The molecular formula is C13H13FN4. The first-order chi connectivity index (χ1) is 8.78. The number of benzene rings is 1. The molecule has 1 aromatic heterocycles. The lowest BCUT2D eigenvalue weighted by atomic mass is 10.3. The minimum absolute atomic E-state index is 0.293. The Morgan fingerprint density at radius 3 is 2.83 bits per heavy atom. The van der Waals surface area contributed by atoms with Crippen LogP contribution in [0.15, 0.2) is 49.3 Å². The Bertz CT molecular complexity index is 542. The summed E-state index contributed by atoms with van der Waals surface area (Å²) in [5, 5.41) is 6.05. The van der Waals surface area contributed by atoms with Crippen LogP contribution < -0.4 is 10.6 Å². The van der Waals surface area contributed by atoms with Gasteiger partial charge >= 0.3 is 0 Å². The molecule has 0 amide bonds. The highest BCUT2D eigenvalue weighted by molar-refractivity contribution is 5.58. The van der Waals surface area contributed by atoms with Crippen molar-refractivity contribution in [3.63, 3.8) is 0 Å². The molecule has 0 aliphatic carbocycles. The summed E-state index contributed by atoms with van der Waals surface area (Å²) in [7, 11) is 0. The third kappa shape index (κ3) is 3.28. The molecule has 0 atom stereocenters. The monoisotopic (exact) mass is 244 g/mol. The predicted octanol–water partition coefficient (Wildman–Crippen LogP) is 2.96. The Morgan fingerprint density at radius 2 is 2.06 bits per heavy atom. The van der Waals surface area contributed by atoms with Crippen LogP contribution in [0.3, 0.4) is 0 Å². The number of hydrogen-bond donors (Lipinski definition) is 2. The molecule has 5 heteroatoms. The van der Waals surface area contributed by atoms with Crippen LogP contribution in [0.4, 0.5) is 21.7 Å². The topological polar surface area (TPSA) is 49.8 Å². The van der Waals surface area contributed by atoms with Gasteiger partial charge in [0.2, 0.25) is 0 Å². The molecular weight excluding hydrogens is 231 g/mol. The van der Waals surface area contributed by atoms with Gasteiger partial charge in [-0.2, -0.15) is 0 Å². The molecule has 0 saturated heterocycles. The quantitative estimate of drug-likeness (QED) is 0.794. The fraction of sp³-hybridized carbons (Fsp3) is 0.0769. The maximum Gasteiger partial charge on any atom is 0.135 e. The lowest BCUT2D eigenvalue weighted by Gasteiger charge is -2.07. The Morgan fingerprint density at radius 1 is 1.22 bits per heavy atom. The van der Waals surface area contributed by atoms with E-state index in [0.29, 0.717) is 23.9 Å². The molecule has 1 aromatic carbocycles. The van der Waals surface area contributed by atoms with Crippen LogP contribution in [0.1, 0.15) is 0 Å². The maximum absolute atomic E-state index is 13.0. The summed E-state index contributed by atoms with van der Waals surface area (Å²) >= 11 is 0. The molecule has 4 nitrogen and oxygen atoms in total. The zero-order valence-corrected chi connectivity index (χ0v) is 9.73. The van der Waals surface area contributed by atoms with Gasteiger partial charge in [0.1, 0.15) is 23.8 Å². The van der Waals surface area contributed by atoms with Crippen molar-refractivity contribution < 1.29 is 4.39 Å². The first-order valence-electron chi connectivity index (χ1n) is 5.47. The fourth-order valence-corrected chi connectivity index (χ4v) is 1.41. The van der Waals surface area contributed by atoms with Crippen molar-refractivity contribution in [2.75, 3.05) is 17.2 Å². The van der Waals surface area contributed by atoms with Crippen molar-refractivity contribution in [2.45, 2.75) is 0 Å². The van der Waals surface area contributed by atoms with Crippen molar-refractivity contribution in [1.82, 2.24) is 9.97 Å². The van der Waals surface area contributed by atoms with E-state index in [0.717, 1.165) is 0 Å². The molecule has 92 valence electrons. The Balaban J connectivity index is 2.11. The number of hydrogen-bond acceptors (Lipinski definition) is 4. The van der Waals surface area contributed by atoms with Crippen LogP contribution in [0.5, 0.6) is 0 Å². The van der Waals surface area contributed by atoms with Gasteiger partial charge in [0.15, 0.2) is 0 Å². The third-order valence-corrected chi connectivity index (χ3v) is 2.19. The molecule has 0 saturated carbocycles. The van der Waals surface area contributed by atoms with Gasteiger partial charge < -0.3 is 10.6 Å². The highest BCUT2D eigenvalue weighted by atomic mass is 19.1. The second-order valence-corrected chi connectivity index (χ2v) is 3.59. The van der Waals surface area contributed by atoms with Gasteiger partial charge in [-0.3, -0.25) is 0 Å². The summed E-state index contributed by atoms with van der Waals surface area (Å²) in [6.07, 6.45) is 3.18. The number of halogens is 1. The predicted molar refractivity (Wildman–Crippen MR) is 70.4 cm³/mol. The van der Waals surface area contributed by atoms with Gasteiger partial charge in [0.05, 0.1) is 0 Å². The summed E-state index contributed by atoms with van der Waals surface area (Å²) in [6.45, 7) is 4.23. The van der Waals surface area contributed by atoms with Crippen molar-refractivity contribution in [2.24, 2.45) is 0 Å². The van der Waals surface area contributed by atoms with Gasteiger partial charge in [-0.15, -0.1) is 6.58 Å². The van der Waals surface area contributed by atoms with Crippen molar-refractivity contribution in [3.8, 4) is 0 Å². The van der Waals surface area contributed by atoms with Gasteiger partial charge in [0, 0.05) is 18.3 Å². The van der Waals surface area contributed by atoms with Crippen molar-refractivity contribution >= 4 is 17.3 Å². The van der Waals surface area contributed by atoms with Gasteiger partial charge in [-0.1, -0.05) is 12.1 Å². The van der Waals surface area contributed by atoms with Crippen LogP contribution in [0.25, 0.3) is 0 Å². The molecule has 1 heterocycles. The first-order valence-corrected chi connectivity index (χ1v) is 5.47. The third-order valence-electron chi connectivity index (χ3n) is 2.19. The SMILES string of the molecule is C=CCNc1cc(Nc2cccc(F)c2)ncn1. The molecule has 0 radical (unpaired) electrons. The Kier molecular flexibility index (Phi) is 3.86. The molecule has 0 spiro atoms. The minimum Gasteiger partial charge on any atom is -0.366 e. The molecule has 18 heavy (non-hydrogen) atoms. The van der Waals surface area contributed by atoms with E-state index < -0.39 is 0 Å². The smallest absolute Gasteiger partial charge is 0.135 e. The second-order valence-electron chi connectivity index (χ2n) is 3.59.